The zero-order chi connectivity index (χ0) is 13.3. The van der Waals surface area contributed by atoms with E-state index in [9.17, 15) is 0 Å². The Morgan fingerprint density at radius 3 is 2.22 bits per heavy atom. The van der Waals surface area contributed by atoms with Gasteiger partial charge in [0, 0.05) is 0 Å². The van der Waals surface area contributed by atoms with Crippen LogP contribution in [0.15, 0.2) is 6.07 Å². The van der Waals surface area contributed by atoms with Crippen molar-refractivity contribution in [3.8, 4) is 0 Å². The average molecular weight is 269 g/mol. The summed E-state index contributed by atoms with van der Waals surface area (Å²) < 4.78 is 11.2. The number of alkyl halides is 1. The Labute approximate surface area is 114 Å². The molecule has 1 saturated heterocycles. The Morgan fingerprint density at radius 2 is 1.72 bits per heavy atom. The highest BCUT2D eigenvalue weighted by atomic mass is 35.5. The van der Waals surface area contributed by atoms with Gasteiger partial charge in [0.2, 0.25) is 0 Å². The van der Waals surface area contributed by atoms with E-state index in [0.29, 0.717) is 19.8 Å². The summed E-state index contributed by atoms with van der Waals surface area (Å²) in [6.45, 7) is 10.4. The van der Waals surface area contributed by atoms with E-state index in [4.69, 9.17) is 21.1 Å². The Kier molecular flexibility index (Phi) is 4.31. The third kappa shape index (κ3) is 2.56. The summed E-state index contributed by atoms with van der Waals surface area (Å²) in [6, 6.07) is 2.22. The molecule has 1 aromatic rings. The van der Waals surface area contributed by atoms with Gasteiger partial charge in [-0.05, 0) is 55.5 Å². The monoisotopic (exact) mass is 268 g/mol. The molecule has 18 heavy (non-hydrogen) atoms. The highest BCUT2D eigenvalue weighted by Crippen LogP contribution is 2.35. The Balaban J connectivity index is 2.37. The molecule has 1 aliphatic rings. The van der Waals surface area contributed by atoms with E-state index in [1.165, 1.54) is 27.8 Å². The number of ether oxygens (including phenoxy) is 2. The van der Waals surface area contributed by atoms with Gasteiger partial charge in [0.25, 0.3) is 0 Å². The minimum atomic E-state index is -0.135. The van der Waals surface area contributed by atoms with Crippen LogP contribution in [0.25, 0.3) is 0 Å². The van der Waals surface area contributed by atoms with Crippen molar-refractivity contribution in [2.75, 3.05) is 19.8 Å². The maximum absolute atomic E-state index is 6.63. The molecule has 0 saturated carbocycles. The molecule has 2 atom stereocenters. The molecule has 0 aliphatic carbocycles. The van der Waals surface area contributed by atoms with Crippen LogP contribution in [0.1, 0.15) is 33.2 Å². The SMILES string of the molecule is Cc1cc(C)c(C)c(C(Cl)C2COCCO2)c1C. The Hall–Kier alpha value is -0.570. The number of halogens is 1. The molecule has 0 N–H and O–H groups in total. The lowest BCUT2D eigenvalue weighted by Gasteiger charge is -2.29. The molecule has 0 radical (unpaired) electrons. The Morgan fingerprint density at radius 1 is 1.11 bits per heavy atom. The lowest BCUT2D eigenvalue weighted by Crippen LogP contribution is -2.32. The van der Waals surface area contributed by atoms with E-state index >= 15 is 0 Å². The van der Waals surface area contributed by atoms with Gasteiger partial charge in [-0.25, -0.2) is 0 Å². The maximum atomic E-state index is 6.63. The van der Waals surface area contributed by atoms with Crippen LogP contribution in [0.3, 0.4) is 0 Å². The predicted molar refractivity (Wildman–Crippen MR) is 74.5 cm³/mol. The number of hydrogen-bond donors (Lipinski definition) is 0. The third-order valence-electron chi connectivity index (χ3n) is 3.87. The normalized spacial score (nSPS) is 21.9. The largest absolute Gasteiger partial charge is 0.376 e. The number of benzene rings is 1. The smallest absolute Gasteiger partial charge is 0.101 e. The van der Waals surface area contributed by atoms with Gasteiger partial charge < -0.3 is 9.47 Å². The second kappa shape index (κ2) is 5.60. The van der Waals surface area contributed by atoms with Crippen molar-refractivity contribution in [1.82, 2.24) is 0 Å². The zero-order valence-corrected chi connectivity index (χ0v) is 12.3. The van der Waals surface area contributed by atoms with Gasteiger partial charge in [-0.1, -0.05) is 6.07 Å². The lowest BCUT2D eigenvalue weighted by molar-refractivity contribution is -0.0893. The van der Waals surface area contributed by atoms with E-state index in [1.807, 2.05) is 0 Å². The van der Waals surface area contributed by atoms with Crippen molar-refractivity contribution in [3.05, 3.63) is 33.9 Å². The van der Waals surface area contributed by atoms with Crippen molar-refractivity contribution in [2.45, 2.75) is 39.2 Å². The molecule has 0 amide bonds. The first-order chi connectivity index (χ1) is 8.52. The molecule has 1 aliphatic heterocycles. The van der Waals surface area contributed by atoms with Crippen LogP contribution in [0.5, 0.6) is 0 Å². The molecule has 1 aromatic carbocycles. The molecule has 0 aromatic heterocycles. The summed E-state index contributed by atoms with van der Waals surface area (Å²) in [4.78, 5) is 0. The van der Waals surface area contributed by atoms with Gasteiger partial charge >= 0.3 is 0 Å². The van der Waals surface area contributed by atoms with E-state index in [-0.39, 0.29) is 11.5 Å². The fourth-order valence-corrected chi connectivity index (χ4v) is 2.99. The molecule has 2 nitrogen and oxygen atoms in total. The summed E-state index contributed by atoms with van der Waals surface area (Å²) in [5.74, 6) is 0. The molecule has 0 spiro atoms. The molecule has 3 heteroatoms. The van der Waals surface area contributed by atoms with Crippen molar-refractivity contribution in [2.24, 2.45) is 0 Å². The summed E-state index contributed by atoms with van der Waals surface area (Å²) in [7, 11) is 0. The minimum absolute atomic E-state index is 0.0426. The van der Waals surface area contributed by atoms with Crippen molar-refractivity contribution >= 4 is 11.6 Å². The van der Waals surface area contributed by atoms with Crippen LogP contribution in [0, 0.1) is 27.7 Å². The lowest BCUT2D eigenvalue weighted by atomic mass is 9.90. The second-order valence-corrected chi connectivity index (χ2v) is 5.53. The quantitative estimate of drug-likeness (QED) is 0.763. The van der Waals surface area contributed by atoms with E-state index in [2.05, 4.69) is 33.8 Å². The predicted octanol–water partition coefficient (Wildman–Crippen LogP) is 3.62. The maximum Gasteiger partial charge on any atom is 0.101 e. The van der Waals surface area contributed by atoms with Crippen LogP contribution in [-0.2, 0) is 9.47 Å². The van der Waals surface area contributed by atoms with Gasteiger partial charge in [-0.2, -0.15) is 0 Å². The molecule has 1 heterocycles. The summed E-state index contributed by atoms with van der Waals surface area (Å²) >= 11 is 6.63. The fraction of sp³-hybridized carbons (Fsp3) is 0.600. The highest BCUT2D eigenvalue weighted by Gasteiger charge is 2.28. The van der Waals surface area contributed by atoms with E-state index in [0.717, 1.165) is 0 Å². The van der Waals surface area contributed by atoms with Crippen LogP contribution in [-0.4, -0.2) is 25.9 Å². The standard InChI is InChI=1S/C15H21ClO2/c1-9-7-10(2)12(4)14(11(9)3)15(16)13-8-17-5-6-18-13/h7,13,15H,5-6,8H2,1-4H3. The van der Waals surface area contributed by atoms with E-state index < -0.39 is 0 Å². The first kappa shape index (κ1) is 13.9. The summed E-state index contributed by atoms with van der Waals surface area (Å²) in [6.07, 6.45) is -0.0426. The van der Waals surface area contributed by atoms with Gasteiger partial charge in [0.05, 0.1) is 25.2 Å². The number of aryl methyl sites for hydroxylation is 2. The summed E-state index contributed by atoms with van der Waals surface area (Å²) in [5.41, 5.74) is 6.33. The third-order valence-corrected chi connectivity index (χ3v) is 4.37. The van der Waals surface area contributed by atoms with Crippen LogP contribution in [0.2, 0.25) is 0 Å². The van der Waals surface area contributed by atoms with Gasteiger partial charge in [-0.15, -0.1) is 11.6 Å². The zero-order valence-electron chi connectivity index (χ0n) is 11.5. The average Bonchev–Trinajstić information content (AvgIpc) is 2.37. The van der Waals surface area contributed by atoms with Crippen molar-refractivity contribution in [3.63, 3.8) is 0 Å². The molecule has 2 rings (SSSR count). The van der Waals surface area contributed by atoms with Crippen molar-refractivity contribution < 1.29 is 9.47 Å². The second-order valence-electron chi connectivity index (χ2n) is 5.06. The highest BCUT2D eigenvalue weighted by molar-refractivity contribution is 6.21. The van der Waals surface area contributed by atoms with Crippen LogP contribution in [0.4, 0.5) is 0 Å². The first-order valence-corrected chi connectivity index (χ1v) is 6.86. The number of hydrogen-bond acceptors (Lipinski definition) is 2. The van der Waals surface area contributed by atoms with Gasteiger partial charge in [0.15, 0.2) is 0 Å². The molecular weight excluding hydrogens is 248 g/mol. The fourth-order valence-electron chi connectivity index (χ4n) is 2.52. The van der Waals surface area contributed by atoms with Gasteiger partial charge in [0.1, 0.15) is 6.10 Å². The van der Waals surface area contributed by atoms with Gasteiger partial charge in [-0.3, -0.25) is 0 Å². The molecule has 0 bridgehead atoms. The van der Waals surface area contributed by atoms with Crippen molar-refractivity contribution in [1.29, 1.82) is 0 Å². The Bertz CT molecular complexity index is 410. The molecular formula is C15H21ClO2. The summed E-state index contributed by atoms with van der Waals surface area (Å²) in [5, 5.41) is -0.135. The van der Waals surface area contributed by atoms with E-state index in [1.54, 1.807) is 0 Å². The number of rotatable bonds is 2. The molecule has 100 valence electrons. The molecule has 1 fully saturated rings. The van der Waals surface area contributed by atoms with Crippen LogP contribution >= 0.6 is 11.6 Å². The topological polar surface area (TPSA) is 18.5 Å². The first-order valence-electron chi connectivity index (χ1n) is 6.43. The van der Waals surface area contributed by atoms with Crippen LogP contribution < -0.4 is 0 Å². The molecule has 2 unspecified atom stereocenters. The minimum Gasteiger partial charge on any atom is -0.376 e.